The lowest BCUT2D eigenvalue weighted by Gasteiger charge is -2.23. The quantitative estimate of drug-likeness (QED) is 0.332. The zero-order valence-electron chi connectivity index (χ0n) is 7.06. The van der Waals surface area contributed by atoms with E-state index in [1.807, 2.05) is 0 Å². The molecule has 1 saturated carbocycles. The second kappa shape index (κ2) is 2.94. The normalized spacial score (nSPS) is 38.3. The van der Waals surface area contributed by atoms with E-state index >= 15 is 0 Å². The summed E-state index contributed by atoms with van der Waals surface area (Å²) in [5.74, 6) is -1.54. The molecular weight excluding hydrogens is 172 g/mol. The monoisotopic (exact) mass is 182 g/mol. The van der Waals surface area contributed by atoms with Gasteiger partial charge in [-0.1, -0.05) is 0 Å². The van der Waals surface area contributed by atoms with Gasteiger partial charge in [-0.15, -0.1) is 0 Å². The van der Waals surface area contributed by atoms with Gasteiger partial charge in [0.2, 0.25) is 0 Å². The lowest BCUT2D eigenvalue weighted by Crippen LogP contribution is -2.27. The zero-order chi connectivity index (χ0) is 9.42. The first-order valence-corrected chi connectivity index (χ1v) is 4.43. The molecule has 3 unspecified atom stereocenters. The largest absolute Gasteiger partial charge is 0.393 e. The van der Waals surface area contributed by atoms with Crippen molar-refractivity contribution in [1.29, 1.82) is 0 Å². The van der Waals surface area contributed by atoms with Gasteiger partial charge in [-0.3, -0.25) is 9.59 Å². The lowest BCUT2D eigenvalue weighted by molar-refractivity contribution is -0.153. The molecule has 0 aromatic rings. The summed E-state index contributed by atoms with van der Waals surface area (Å²) in [5, 5.41) is 0. The highest BCUT2D eigenvalue weighted by atomic mass is 16.6. The standard InChI is InChI=1S/C9H10O4/c10-4-5-1-2-6-7(3-5)9(12)13-8(6)11/h4-7H,1-3H2. The van der Waals surface area contributed by atoms with Gasteiger partial charge >= 0.3 is 11.9 Å². The maximum atomic E-state index is 11.1. The molecule has 0 spiro atoms. The van der Waals surface area contributed by atoms with Gasteiger partial charge in [0, 0.05) is 5.92 Å². The molecule has 0 amide bonds. The van der Waals surface area contributed by atoms with Crippen LogP contribution in [0.2, 0.25) is 0 Å². The molecule has 0 aromatic carbocycles. The van der Waals surface area contributed by atoms with Gasteiger partial charge in [-0.05, 0) is 19.3 Å². The summed E-state index contributed by atoms with van der Waals surface area (Å²) < 4.78 is 4.51. The minimum absolute atomic E-state index is 0.0697. The highest BCUT2D eigenvalue weighted by molar-refractivity contribution is 5.96. The zero-order valence-corrected chi connectivity index (χ0v) is 7.06. The van der Waals surface area contributed by atoms with Crippen molar-refractivity contribution < 1.29 is 19.1 Å². The van der Waals surface area contributed by atoms with E-state index in [-0.39, 0.29) is 17.8 Å². The fraction of sp³-hybridized carbons (Fsp3) is 0.667. The molecule has 2 aliphatic rings. The van der Waals surface area contributed by atoms with Crippen LogP contribution in [0, 0.1) is 17.8 Å². The predicted octanol–water partition coefficient (Wildman–Crippen LogP) is 0.301. The number of fused-ring (bicyclic) bond motifs is 1. The molecule has 70 valence electrons. The van der Waals surface area contributed by atoms with E-state index in [4.69, 9.17) is 0 Å². The summed E-state index contributed by atoms with van der Waals surface area (Å²) in [6.07, 6.45) is 2.66. The van der Waals surface area contributed by atoms with Crippen molar-refractivity contribution in [2.75, 3.05) is 0 Å². The van der Waals surface area contributed by atoms with Gasteiger partial charge in [0.05, 0.1) is 11.8 Å². The fourth-order valence-corrected chi connectivity index (χ4v) is 2.12. The molecule has 4 nitrogen and oxygen atoms in total. The molecule has 13 heavy (non-hydrogen) atoms. The summed E-state index contributed by atoms with van der Waals surface area (Å²) in [6, 6.07) is 0. The Morgan fingerprint density at radius 2 is 1.85 bits per heavy atom. The van der Waals surface area contributed by atoms with Crippen LogP contribution in [0.5, 0.6) is 0 Å². The van der Waals surface area contributed by atoms with Crippen molar-refractivity contribution in [1.82, 2.24) is 0 Å². The summed E-state index contributed by atoms with van der Waals surface area (Å²) in [5.41, 5.74) is 0. The van der Waals surface area contributed by atoms with Gasteiger partial charge < -0.3 is 9.53 Å². The van der Waals surface area contributed by atoms with Crippen molar-refractivity contribution in [3.63, 3.8) is 0 Å². The SMILES string of the molecule is O=CC1CCC2C(=O)OC(=O)C2C1. The Kier molecular flexibility index (Phi) is 1.90. The number of carbonyl (C=O) groups is 3. The molecule has 2 rings (SSSR count). The van der Waals surface area contributed by atoms with Crippen LogP contribution in [0.3, 0.4) is 0 Å². The first kappa shape index (κ1) is 8.41. The Morgan fingerprint density at radius 3 is 2.54 bits per heavy atom. The van der Waals surface area contributed by atoms with E-state index < -0.39 is 11.9 Å². The van der Waals surface area contributed by atoms with Crippen LogP contribution in [-0.2, 0) is 19.1 Å². The lowest BCUT2D eigenvalue weighted by atomic mass is 9.76. The van der Waals surface area contributed by atoms with Crippen LogP contribution >= 0.6 is 0 Å². The number of hydrogen-bond donors (Lipinski definition) is 0. The minimum atomic E-state index is -0.443. The Hall–Kier alpha value is -1.19. The first-order chi connectivity index (χ1) is 6.22. The molecule has 0 radical (unpaired) electrons. The van der Waals surface area contributed by atoms with Crippen LogP contribution in [0.15, 0.2) is 0 Å². The maximum absolute atomic E-state index is 11.1. The predicted molar refractivity (Wildman–Crippen MR) is 41.5 cm³/mol. The van der Waals surface area contributed by atoms with Gasteiger partial charge in [0.25, 0.3) is 0 Å². The topological polar surface area (TPSA) is 60.4 Å². The molecular formula is C9H10O4. The highest BCUT2D eigenvalue weighted by Gasteiger charge is 2.47. The number of rotatable bonds is 1. The van der Waals surface area contributed by atoms with Crippen molar-refractivity contribution in [2.24, 2.45) is 17.8 Å². The van der Waals surface area contributed by atoms with Gasteiger partial charge in [-0.25, -0.2) is 0 Å². The average molecular weight is 182 g/mol. The minimum Gasteiger partial charge on any atom is -0.393 e. The second-order valence-corrected chi connectivity index (χ2v) is 3.66. The van der Waals surface area contributed by atoms with Crippen molar-refractivity contribution in [3.8, 4) is 0 Å². The van der Waals surface area contributed by atoms with Gasteiger partial charge in [0.1, 0.15) is 6.29 Å². The van der Waals surface area contributed by atoms with E-state index in [2.05, 4.69) is 4.74 Å². The van der Waals surface area contributed by atoms with Crippen molar-refractivity contribution in [2.45, 2.75) is 19.3 Å². The summed E-state index contributed by atoms with van der Waals surface area (Å²) >= 11 is 0. The van der Waals surface area contributed by atoms with E-state index in [1.165, 1.54) is 0 Å². The smallest absolute Gasteiger partial charge is 0.317 e. The second-order valence-electron chi connectivity index (χ2n) is 3.66. The van der Waals surface area contributed by atoms with E-state index in [0.717, 1.165) is 6.29 Å². The van der Waals surface area contributed by atoms with Crippen LogP contribution in [0.4, 0.5) is 0 Å². The third kappa shape index (κ3) is 1.26. The van der Waals surface area contributed by atoms with Gasteiger partial charge in [0.15, 0.2) is 0 Å². The fourth-order valence-electron chi connectivity index (χ4n) is 2.12. The Labute approximate surface area is 75.2 Å². The molecule has 0 aromatic heterocycles. The number of hydrogen-bond acceptors (Lipinski definition) is 4. The first-order valence-electron chi connectivity index (χ1n) is 4.43. The molecule has 1 aliphatic heterocycles. The van der Waals surface area contributed by atoms with Crippen LogP contribution < -0.4 is 0 Å². The molecule has 2 fully saturated rings. The maximum Gasteiger partial charge on any atom is 0.317 e. The molecule has 0 N–H and O–H groups in total. The highest BCUT2D eigenvalue weighted by Crippen LogP contribution is 2.38. The molecule has 3 atom stereocenters. The van der Waals surface area contributed by atoms with Crippen LogP contribution in [0.1, 0.15) is 19.3 Å². The third-order valence-corrected chi connectivity index (χ3v) is 2.89. The Bertz CT molecular complexity index is 271. The van der Waals surface area contributed by atoms with Gasteiger partial charge in [-0.2, -0.15) is 0 Å². The summed E-state index contributed by atoms with van der Waals surface area (Å²) in [7, 11) is 0. The third-order valence-electron chi connectivity index (χ3n) is 2.89. The number of aldehydes is 1. The molecule has 1 aliphatic carbocycles. The summed E-state index contributed by atoms with van der Waals surface area (Å²) in [6.45, 7) is 0. The van der Waals surface area contributed by atoms with Crippen LogP contribution in [0.25, 0.3) is 0 Å². The number of ether oxygens (including phenoxy) is 1. The Morgan fingerprint density at radius 1 is 1.15 bits per heavy atom. The number of esters is 2. The molecule has 1 heterocycles. The van der Waals surface area contributed by atoms with Crippen molar-refractivity contribution >= 4 is 18.2 Å². The van der Waals surface area contributed by atoms with Crippen molar-refractivity contribution in [3.05, 3.63) is 0 Å². The average Bonchev–Trinajstić information content (AvgIpc) is 2.42. The molecule has 0 bridgehead atoms. The van der Waals surface area contributed by atoms with E-state index in [1.54, 1.807) is 0 Å². The number of cyclic esters (lactones) is 2. The summed E-state index contributed by atoms with van der Waals surface area (Å²) in [4.78, 5) is 32.7. The molecule has 1 saturated heterocycles. The number of carbonyl (C=O) groups excluding carboxylic acids is 3. The van der Waals surface area contributed by atoms with E-state index in [0.29, 0.717) is 19.3 Å². The molecule has 4 heteroatoms. The van der Waals surface area contributed by atoms with E-state index in [9.17, 15) is 14.4 Å². The Balaban J connectivity index is 2.14. The van der Waals surface area contributed by atoms with Crippen LogP contribution in [-0.4, -0.2) is 18.2 Å².